The molecule has 1 fully saturated rings. The topological polar surface area (TPSA) is 80.6 Å². The summed E-state index contributed by atoms with van der Waals surface area (Å²) in [7, 11) is -0.525. The molecule has 8 nitrogen and oxygen atoms in total. The molecule has 0 saturated carbocycles. The Bertz CT molecular complexity index is 1030. The molecule has 1 saturated heterocycles. The average Bonchev–Trinajstić information content (AvgIpc) is 3.22. The zero-order valence-electron chi connectivity index (χ0n) is 17.1. The molecule has 1 amide bonds. The zero-order valence-corrected chi connectivity index (χ0v) is 17.9. The Morgan fingerprint density at radius 3 is 2.37 bits per heavy atom. The van der Waals surface area contributed by atoms with Crippen LogP contribution in [0.15, 0.2) is 47.4 Å². The van der Waals surface area contributed by atoms with Crippen LogP contribution in [0.4, 0.5) is 0 Å². The van der Waals surface area contributed by atoms with Gasteiger partial charge in [-0.1, -0.05) is 0 Å². The maximum absolute atomic E-state index is 12.8. The highest BCUT2D eigenvalue weighted by Crippen LogP contribution is 2.32. The van der Waals surface area contributed by atoms with Gasteiger partial charge in [-0.3, -0.25) is 4.79 Å². The summed E-state index contributed by atoms with van der Waals surface area (Å²) in [5.41, 5.74) is 1.69. The number of benzene rings is 2. The van der Waals surface area contributed by atoms with Crippen LogP contribution in [0.5, 0.6) is 11.5 Å². The van der Waals surface area contributed by atoms with Gasteiger partial charge in [0.05, 0.1) is 31.1 Å². The Kier molecular flexibility index (Phi) is 5.68. The van der Waals surface area contributed by atoms with Crippen molar-refractivity contribution in [3.05, 3.63) is 53.6 Å². The summed E-state index contributed by atoms with van der Waals surface area (Å²) in [6.45, 7) is 4.18. The van der Waals surface area contributed by atoms with Gasteiger partial charge in [-0.15, -0.1) is 0 Å². The second kappa shape index (κ2) is 8.25. The highest BCUT2D eigenvalue weighted by Gasteiger charge is 2.26. The van der Waals surface area contributed by atoms with E-state index >= 15 is 0 Å². The Labute approximate surface area is 176 Å². The third kappa shape index (κ3) is 4.14. The number of hydrogen-bond acceptors (Lipinski definition) is 5. The fraction of sp³-hybridized carbons (Fsp3) is 0.381. The van der Waals surface area contributed by atoms with Crippen LogP contribution in [-0.4, -0.2) is 70.6 Å². The number of nitrogens with zero attached hydrogens (tertiary/aromatic N) is 2. The van der Waals surface area contributed by atoms with Crippen LogP contribution < -0.4 is 14.4 Å². The van der Waals surface area contributed by atoms with E-state index in [1.165, 1.54) is 36.7 Å². The van der Waals surface area contributed by atoms with Gasteiger partial charge >= 0.3 is 0 Å². The van der Waals surface area contributed by atoms with Crippen molar-refractivity contribution >= 4 is 15.9 Å². The highest BCUT2D eigenvalue weighted by atomic mass is 32.2. The molecular weight excluding hydrogens is 406 g/mol. The number of nitrogens with one attached hydrogen (secondary N) is 1. The van der Waals surface area contributed by atoms with Crippen molar-refractivity contribution in [3.63, 3.8) is 0 Å². The van der Waals surface area contributed by atoms with Gasteiger partial charge in [0.15, 0.2) is 11.5 Å². The Hall–Kier alpha value is -2.62. The van der Waals surface area contributed by atoms with Crippen molar-refractivity contribution in [1.29, 1.82) is 0 Å². The summed E-state index contributed by atoms with van der Waals surface area (Å²) in [6, 6.07) is 12.2. The lowest BCUT2D eigenvalue weighted by molar-refractivity contribution is -0.917. The van der Waals surface area contributed by atoms with E-state index in [1.54, 1.807) is 12.1 Å². The minimum Gasteiger partial charge on any atom is -0.454 e. The largest absolute Gasteiger partial charge is 0.454 e. The smallest absolute Gasteiger partial charge is 0.254 e. The van der Waals surface area contributed by atoms with Crippen molar-refractivity contribution in [2.75, 3.05) is 47.1 Å². The first-order valence-corrected chi connectivity index (χ1v) is 11.3. The molecule has 1 N–H and O–H groups in total. The van der Waals surface area contributed by atoms with Gasteiger partial charge in [-0.05, 0) is 42.5 Å². The van der Waals surface area contributed by atoms with Crippen LogP contribution >= 0.6 is 0 Å². The van der Waals surface area contributed by atoms with Crippen LogP contribution in [0, 0.1) is 0 Å². The molecule has 2 aliphatic rings. The van der Waals surface area contributed by atoms with E-state index in [4.69, 9.17) is 9.47 Å². The first kappa shape index (κ1) is 20.6. The average molecular weight is 433 g/mol. The lowest BCUT2D eigenvalue weighted by Gasteiger charge is -2.32. The summed E-state index contributed by atoms with van der Waals surface area (Å²) < 4.78 is 36.3. The first-order valence-electron chi connectivity index (χ1n) is 9.88. The molecule has 30 heavy (non-hydrogen) atoms. The summed E-state index contributed by atoms with van der Waals surface area (Å²) in [6.07, 6.45) is 0. The highest BCUT2D eigenvalue weighted by molar-refractivity contribution is 7.89. The van der Waals surface area contributed by atoms with E-state index in [2.05, 4.69) is 6.07 Å². The third-order valence-corrected chi connectivity index (χ3v) is 7.36. The van der Waals surface area contributed by atoms with Gasteiger partial charge in [0, 0.05) is 25.2 Å². The Balaban J connectivity index is 1.34. The van der Waals surface area contributed by atoms with E-state index in [-0.39, 0.29) is 17.6 Å². The number of rotatable bonds is 5. The lowest BCUT2D eigenvalue weighted by atomic mass is 10.1. The molecular formula is C21H26N3O5S+. The number of sulfonamides is 1. The molecule has 2 heterocycles. The molecule has 0 unspecified atom stereocenters. The van der Waals surface area contributed by atoms with Crippen LogP contribution in [0.3, 0.4) is 0 Å². The number of fused-ring (bicyclic) bond motifs is 1. The van der Waals surface area contributed by atoms with E-state index in [0.29, 0.717) is 18.7 Å². The van der Waals surface area contributed by atoms with Crippen LogP contribution in [0.1, 0.15) is 15.9 Å². The molecule has 9 heteroatoms. The van der Waals surface area contributed by atoms with Gasteiger partial charge in [-0.25, -0.2) is 12.7 Å². The number of hydrogen-bond donors (Lipinski definition) is 1. The van der Waals surface area contributed by atoms with Gasteiger partial charge in [-0.2, -0.15) is 0 Å². The molecule has 0 atom stereocenters. The normalized spacial score (nSPS) is 16.8. The van der Waals surface area contributed by atoms with E-state index in [0.717, 1.165) is 35.4 Å². The summed E-state index contributed by atoms with van der Waals surface area (Å²) in [4.78, 5) is 16.2. The molecule has 160 valence electrons. The SMILES string of the molecule is CN(C)S(=O)(=O)c1ccc(C(=O)N2CC[NH+](Cc3ccc4c(c3)OCO4)CC2)cc1. The van der Waals surface area contributed by atoms with Gasteiger partial charge in [0.25, 0.3) is 5.91 Å². The van der Waals surface area contributed by atoms with Crippen molar-refractivity contribution < 1.29 is 27.6 Å². The summed E-state index contributed by atoms with van der Waals surface area (Å²) in [5, 5.41) is 0. The molecule has 0 spiro atoms. The number of carbonyl (C=O) groups is 1. The second-order valence-electron chi connectivity index (χ2n) is 7.72. The molecule has 2 aromatic carbocycles. The summed E-state index contributed by atoms with van der Waals surface area (Å²) in [5.74, 6) is 1.51. The molecule has 2 aromatic rings. The molecule has 0 aliphatic carbocycles. The van der Waals surface area contributed by atoms with Crippen LogP contribution in [0.25, 0.3) is 0 Å². The fourth-order valence-electron chi connectivity index (χ4n) is 3.71. The lowest BCUT2D eigenvalue weighted by Crippen LogP contribution is -3.13. The molecule has 4 rings (SSSR count). The number of amides is 1. The molecule has 0 radical (unpaired) electrons. The first-order chi connectivity index (χ1) is 14.3. The van der Waals surface area contributed by atoms with E-state index in [9.17, 15) is 13.2 Å². The van der Waals surface area contributed by atoms with Gasteiger partial charge in [0.1, 0.15) is 6.54 Å². The van der Waals surface area contributed by atoms with Gasteiger partial charge < -0.3 is 19.3 Å². The van der Waals surface area contributed by atoms with E-state index < -0.39 is 10.0 Å². The molecule has 2 aliphatic heterocycles. The molecule has 0 aromatic heterocycles. The predicted octanol–water partition coefficient (Wildman–Crippen LogP) is 0.207. The van der Waals surface area contributed by atoms with Gasteiger partial charge in [0.2, 0.25) is 16.8 Å². The second-order valence-corrected chi connectivity index (χ2v) is 9.87. The summed E-state index contributed by atoms with van der Waals surface area (Å²) >= 11 is 0. The van der Waals surface area contributed by atoms with Crippen LogP contribution in [0.2, 0.25) is 0 Å². The fourth-order valence-corrected chi connectivity index (χ4v) is 4.61. The number of piperazine rings is 1. The van der Waals surface area contributed by atoms with Crippen LogP contribution in [-0.2, 0) is 16.6 Å². The maximum atomic E-state index is 12.8. The standard InChI is InChI=1S/C21H25N3O5S/c1-22(2)30(26,27)18-6-4-17(5-7-18)21(25)24-11-9-23(10-12-24)14-16-3-8-19-20(13-16)29-15-28-19/h3-8,13H,9-12,14-15H2,1-2H3/p+1. The van der Waals surface area contributed by atoms with Crippen molar-refractivity contribution in [1.82, 2.24) is 9.21 Å². The van der Waals surface area contributed by atoms with Crippen molar-refractivity contribution in [3.8, 4) is 11.5 Å². The monoisotopic (exact) mass is 432 g/mol. The number of ether oxygens (including phenoxy) is 2. The third-order valence-electron chi connectivity index (χ3n) is 5.53. The maximum Gasteiger partial charge on any atom is 0.254 e. The van der Waals surface area contributed by atoms with E-state index in [1.807, 2.05) is 17.0 Å². The van der Waals surface area contributed by atoms with Crippen molar-refractivity contribution in [2.24, 2.45) is 0 Å². The minimum absolute atomic E-state index is 0.0640. The zero-order chi connectivity index (χ0) is 21.3. The Morgan fingerprint density at radius 2 is 1.70 bits per heavy atom. The quantitative estimate of drug-likeness (QED) is 0.731. The Morgan fingerprint density at radius 1 is 1.03 bits per heavy atom. The molecule has 0 bridgehead atoms. The number of carbonyl (C=O) groups excluding carboxylic acids is 1. The predicted molar refractivity (Wildman–Crippen MR) is 110 cm³/mol. The number of quaternary nitrogens is 1. The van der Waals surface area contributed by atoms with Crippen molar-refractivity contribution in [2.45, 2.75) is 11.4 Å². The minimum atomic E-state index is -3.50.